The summed E-state index contributed by atoms with van der Waals surface area (Å²) in [5.74, 6) is 3.50. The third kappa shape index (κ3) is 3.26. The third-order valence-electron chi connectivity index (χ3n) is 4.37. The first-order valence-corrected chi connectivity index (χ1v) is 7.84. The Balaban J connectivity index is 1.69. The SMILES string of the molecule is Cc1nccn1-c1ccc(NC2CC(C)CC(C)C2)cn1. The van der Waals surface area contributed by atoms with Gasteiger partial charge in [-0.05, 0) is 50.2 Å². The Hall–Kier alpha value is -1.84. The Labute approximate surface area is 126 Å². The minimum Gasteiger partial charge on any atom is -0.381 e. The van der Waals surface area contributed by atoms with E-state index in [4.69, 9.17) is 0 Å². The Kier molecular flexibility index (Phi) is 3.95. The fourth-order valence-corrected chi connectivity index (χ4v) is 3.53. The van der Waals surface area contributed by atoms with Gasteiger partial charge < -0.3 is 5.32 Å². The van der Waals surface area contributed by atoms with Crippen LogP contribution in [0.1, 0.15) is 38.9 Å². The molecule has 4 heteroatoms. The van der Waals surface area contributed by atoms with Crippen LogP contribution in [0.3, 0.4) is 0 Å². The summed E-state index contributed by atoms with van der Waals surface area (Å²) in [7, 11) is 0. The van der Waals surface area contributed by atoms with E-state index in [0.29, 0.717) is 6.04 Å². The number of hydrogen-bond acceptors (Lipinski definition) is 3. The first-order chi connectivity index (χ1) is 10.1. The third-order valence-corrected chi connectivity index (χ3v) is 4.37. The van der Waals surface area contributed by atoms with Crippen LogP contribution in [0, 0.1) is 18.8 Å². The number of aryl methyl sites for hydroxylation is 1. The van der Waals surface area contributed by atoms with Crippen LogP contribution in [-0.2, 0) is 0 Å². The van der Waals surface area contributed by atoms with Gasteiger partial charge in [0.25, 0.3) is 0 Å². The topological polar surface area (TPSA) is 42.7 Å². The van der Waals surface area contributed by atoms with Crippen LogP contribution in [0.4, 0.5) is 5.69 Å². The highest BCUT2D eigenvalue weighted by Crippen LogP contribution is 2.30. The average Bonchev–Trinajstić information content (AvgIpc) is 2.85. The molecule has 1 saturated carbocycles. The summed E-state index contributed by atoms with van der Waals surface area (Å²) >= 11 is 0. The lowest BCUT2D eigenvalue weighted by Crippen LogP contribution is -2.30. The van der Waals surface area contributed by atoms with Crippen LogP contribution in [0.25, 0.3) is 5.82 Å². The molecular weight excluding hydrogens is 260 g/mol. The highest BCUT2D eigenvalue weighted by Gasteiger charge is 2.23. The Morgan fingerprint density at radius 1 is 1.10 bits per heavy atom. The van der Waals surface area contributed by atoms with E-state index in [9.17, 15) is 0 Å². The molecule has 0 aromatic carbocycles. The van der Waals surface area contributed by atoms with E-state index >= 15 is 0 Å². The number of nitrogens with zero attached hydrogens (tertiary/aromatic N) is 3. The lowest BCUT2D eigenvalue weighted by molar-refractivity contribution is 0.281. The van der Waals surface area contributed by atoms with Crippen LogP contribution in [0.2, 0.25) is 0 Å². The van der Waals surface area contributed by atoms with Crippen molar-refractivity contribution in [2.75, 3.05) is 5.32 Å². The van der Waals surface area contributed by atoms with E-state index in [1.807, 2.05) is 30.0 Å². The quantitative estimate of drug-likeness (QED) is 0.932. The zero-order chi connectivity index (χ0) is 14.8. The molecular formula is C17H24N4. The van der Waals surface area contributed by atoms with Gasteiger partial charge in [-0.1, -0.05) is 13.8 Å². The lowest BCUT2D eigenvalue weighted by Gasteiger charge is -2.32. The van der Waals surface area contributed by atoms with Crippen molar-refractivity contribution in [1.82, 2.24) is 14.5 Å². The van der Waals surface area contributed by atoms with Gasteiger partial charge in [0.15, 0.2) is 0 Å². The van der Waals surface area contributed by atoms with Crippen molar-refractivity contribution in [1.29, 1.82) is 0 Å². The minimum absolute atomic E-state index is 0.575. The molecule has 2 aromatic heterocycles. The van der Waals surface area contributed by atoms with E-state index in [0.717, 1.165) is 29.2 Å². The molecule has 3 rings (SSSR count). The standard InChI is InChI=1S/C17H24N4/c1-12-8-13(2)10-16(9-12)20-15-4-5-17(19-11-15)21-7-6-18-14(21)3/h4-7,11-13,16,20H,8-10H2,1-3H3. The van der Waals surface area contributed by atoms with Gasteiger partial charge in [0.2, 0.25) is 0 Å². The first-order valence-electron chi connectivity index (χ1n) is 7.84. The van der Waals surface area contributed by atoms with Gasteiger partial charge in [-0.15, -0.1) is 0 Å². The number of rotatable bonds is 3. The summed E-state index contributed by atoms with van der Waals surface area (Å²) < 4.78 is 1.99. The van der Waals surface area contributed by atoms with E-state index in [2.05, 4.69) is 35.2 Å². The van der Waals surface area contributed by atoms with Crippen LogP contribution < -0.4 is 5.32 Å². The molecule has 0 spiro atoms. The minimum atomic E-state index is 0.575. The summed E-state index contributed by atoms with van der Waals surface area (Å²) in [4.78, 5) is 8.78. The number of hydrogen-bond donors (Lipinski definition) is 1. The molecule has 4 nitrogen and oxygen atoms in total. The first kappa shape index (κ1) is 14.1. The molecule has 1 fully saturated rings. The van der Waals surface area contributed by atoms with Crippen molar-refractivity contribution in [3.05, 3.63) is 36.5 Å². The van der Waals surface area contributed by atoms with Gasteiger partial charge in [-0.2, -0.15) is 0 Å². The molecule has 0 bridgehead atoms. The lowest BCUT2D eigenvalue weighted by atomic mass is 9.80. The van der Waals surface area contributed by atoms with Crippen molar-refractivity contribution in [3.8, 4) is 5.82 Å². The molecule has 1 aliphatic carbocycles. The Bertz CT molecular complexity index is 577. The highest BCUT2D eigenvalue weighted by molar-refractivity contribution is 5.44. The molecule has 2 aromatic rings. The summed E-state index contributed by atoms with van der Waals surface area (Å²) in [6.45, 7) is 6.69. The Morgan fingerprint density at radius 3 is 2.43 bits per heavy atom. The fraction of sp³-hybridized carbons (Fsp3) is 0.529. The second-order valence-corrected chi connectivity index (χ2v) is 6.51. The molecule has 1 aliphatic rings. The summed E-state index contributed by atoms with van der Waals surface area (Å²) in [6.07, 6.45) is 9.54. The largest absolute Gasteiger partial charge is 0.381 e. The Morgan fingerprint density at radius 2 is 1.86 bits per heavy atom. The summed E-state index contributed by atoms with van der Waals surface area (Å²) in [5.41, 5.74) is 1.11. The maximum absolute atomic E-state index is 4.55. The zero-order valence-electron chi connectivity index (χ0n) is 13.1. The number of pyridine rings is 1. The van der Waals surface area contributed by atoms with Gasteiger partial charge in [0.1, 0.15) is 11.6 Å². The predicted octanol–water partition coefficient (Wildman–Crippen LogP) is 3.81. The predicted molar refractivity (Wildman–Crippen MR) is 85.7 cm³/mol. The van der Waals surface area contributed by atoms with E-state index in [1.54, 1.807) is 6.20 Å². The maximum atomic E-state index is 4.55. The maximum Gasteiger partial charge on any atom is 0.138 e. The van der Waals surface area contributed by atoms with Gasteiger partial charge >= 0.3 is 0 Å². The zero-order valence-corrected chi connectivity index (χ0v) is 13.1. The molecule has 2 heterocycles. The van der Waals surface area contributed by atoms with Gasteiger partial charge in [0, 0.05) is 18.4 Å². The van der Waals surface area contributed by atoms with Gasteiger partial charge in [-0.3, -0.25) is 4.57 Å². The normalized spacial score (nSPS) is 25.8. The second kappa shape index (κ2) is 5.88. The monoisotopic (exact) mass is 284 g/mol. The molecule has 0 aliphatic heterocycles. The van der Waals surface area contributed by atoms with Crippen LogP contribution in [0.15, 0.2) is 30.7 Å². The number of aromatic nitrogens is 3. The van der Waals surface area contributed by atoms with Crippen LogP contribution in [0.5, 0.6) is 0 Å². The molecule has 21 heavy (non-hydrogen) atoms. The highest BCUT2D eigenvalue weighted by atomic mass is 15.1. The van der Waals surface area contributed by atoms with Crippen molar-refractivity contribution in [2.45, 2.75) is 46.1 Å². The summed E-state index contributed by atoms with van der Waals surface area (Å²) in [5, 5.41) is 3.64. The molecule has 1 N–H and O–H groups in total. The number of anilines is 1. The fourth-order valence-electron chi connectivity index (χ4n) is 3.53. The average molecular weight is 284 g/mol. The van der Waals surface area contributed by atoms with Crippen molar-refractivity contribution in [2.24, 2.45) is 11.8 Å². The van der Waals surface area contributed by atoms with Gasteiger partial charge in [0.05, 0.1) is 11.9 Å². The van der Waals surface area contributed by atoms with Crippen LogP contribution >= 0.6 is 0 Å². The van der Waals surface area contributed by atoms with E-state index in [-0.39, 0.29) is 0 Å². The molecule has 2 atom stereocenters. The smallest absolute Gasteiger partial charge is 0.138 e. The van der Waals surface area contributed by atoms with Crippen molar-refractivity contribution in [3.63, 3.8) is 0 Å². The number of nitrogens with one attached hydrogen (secondary N) is 1. The molecule has 2 unspecified atom stereocenters. The van der Waals surface area contributed by atoms with Crippen molar-refractivity contribution >= 4 is 5.69 Å². The molecule has 112 valence electrons. The van der Waals surface area contributed by atoms with Crippen LogP contribution in [-0.4, -0.2) is 20.6 Å². The second-order valence-electron chi connectivity index (χ2n) is 6.51. The summed E-state index contributed by atoms with van der Waals surface area (Å²) in [6, 6.07) is 4.74. The number of imidazole rings is 1. The molecule has 0 amide bonds. The molecule has 0 saturated heterocycles. The van der Waals surface area contributed by atoms with E-state index < -0.39 is 0 Å². The van der Waals surface area contributed by atoms with E-state index in [1.165, 1.54) is 19.3 Å². The van der Waals surface area contributed by atoms with Crippen molar-refractivity contribution < 1.29 is 0 Å². The van der Waals surface area contributed by atoms with Gasteiger partial charge in [-0.25, -0.2) is 9.97 Å². The molecule has 0 radical (unpaired) electrons.